The molecule has 0 saturated carbocycles. The third-order valence-electron chi connectivity index (χ3n) is 2.92. The van der Waals surface area contributed by atoms with E-state index in [0.717, 1.165) is 20.3 Å². The Kier molecular flexibility index (Phi) is 4.33. The van der Waals surface area contributed by atoms with Crippen LogP contribution in [0.1, 0.15) is 21.2 Å². The minimum Gasteiger partial charge on any atom is -0.460 e. The van der Waals surface area contributed by atoms with Gasteiger partial charge in [0.1, 0.15) is 16.4 Å². The van der Waals surface area contributed by atoms with Crippen molar-refractivity contribution in [1.82, 2.24) is 5.43 Å². The Labute approximate surface area is 143 Å². The number of thiophene rings is 1. The minimum atomic E-state index is -0.346. The average molecular weight is 398 g/mol. The highest BCUT2D eigenvalue weighted by Crippen LogP contribution is 2.36. The van der Waals surface area contributed by atoms with E-state index in [1.165, 1.54) is 17.6 Å². The summed E-state index contributed by atoms with van der Waals surface area (Å²) in [6.07, 6.45) is 1.45. The highest BCUT2D eigenvalue weighted by Gasteiger charge is 2.16. The molecular weight excluding hydrogens is 388 g/mol. The number of rotatable bonds is 3. The van der Waals surface area contributed by atoms with Crippen molar-refractivity contribution < 1.29 is 9.21 Å². The Morgan fingerprint density at radius 3 is 2.95 bits per heavy atom. The van der Waals surface area contributed by atoms with Gasteiger partial charge in [0.05, 0.1) is 11.2 Å². The summed E-state index contributed by atoms with van der Waals surface area (Å²) in [6, 6.07) is 9.29. The predicted molar refractivity (Wildman–Crippen MR) is 93.0 cm³/mol. The van der Waals surface area contributed by atoms with Crippen LogP contribution in [0.15, 0.2) is 44.3 Å². The van der Waals surface area contributed by atoms with E-state index in [-0.39, 0.29) is 5.91 Å². The largest absolute Gasteiger partial charge is 0.460 e. The monoisotopic (exact) mass is 396 g/mol. The van der Waals surface area contributed by atoms with Crippen LogP contribution in [0, 0.1) is 6.92 Å². The first kappa shape index (κ1) is 15.3. The zero-order valence-corrected chi connectivity index (χ0v) is 14.6. The number of benzene rings is 1. The Balaban J connectivity index is 1.80. The summed E-state index contributed by atoms with van der Waals surface area (Å²) in [5.41, 5.74) is 2.46. The fourth-order valence-corrected chi connectivity index (χ4v) is 3.87. The maximum atomic E-state index is 12.2. The van der Waals surface area contributed by atoms with Gasteiger partial charge in [-0.15, -0.1) is 11.3 Å². The van der Waals surface area contributed by atoms with E-state index >= 15 is 0 Å². The van der Waals surface area contributed by atoms with Crippen LogP contribution >= 0.6 is 38.9 Å². The highest BCUT2D eigenvalue weighted by atomic mass is 79.9. The second-order valence-electron chi connectivity index (χ2n) is 4.53. The first-order valence-electron chi connectivity index (χ1n) is 6.32. The van der Waals surface area contributed by atoms with Crippen molar-refractivity contribution in [3.05, 3.63) is 56.2 Å². The first-order chi connectivity index (χ1) is 10.5. The number of nitrogens with zero attached hydrogens (tertiary/aromatic N) is 1. The maximum absolute atomic E-state index is 12.2. The summed E-state index contributed by atoms with van der Waals surface area (Å²) in [6.45, 7) is 1.84. The second kappa shape index (κ2) is 6.24. The quantitative estimate of drug-likeness (QED) is 0.500. The fraction of sp³-hybridized carbons (Fsp3) is 0.0667. The topological polar surface area (TPSA) is 54.6 Å². The Hall–Kier alpha value is -1.63. The third kappa shape index (κ3) is 3.09. The van der Waals surface area contributed by atoms with Gasteiger partial charge in [-0.05, 0) is 31.2 Å². The molecule has 0 fully saturated rings. The first-order valence-corrected chi connectivity index (χ1v) is 8.31. The zero-order valence-electron chi connectivity index (χ0n) is 11.4. The number of fused-ring (bicyclic) bond motifs is 1. The molecule has 0 saturated heterocycles. The SMILES string of the molecule is Cc1ccc(/C=N/NC(=O)c2sc3cc(Br)ccc3c2Cl)o1. The molecule has 112 valence electrons. The predicted octanol–water partition coefficient (Wildman–Crippen LogP) is 4.98. The lowest BCUT2D eigenvalue weighted by Gasteiger charge is -1.96. The van der Waals surface area contributed by atoms with Crippen molar-refractivity contribution in [3.63, 3.8) is 0 Å². The van der Waals surface area contributed by atoms with Crippen molar-refractivity contribution in [3.8, 4) is 0 Å². The molecule has 1 aromatic carbocycles. The molecule has 0 aliphatic heterocycles. The van der Waals surface area contributed by atoms with E-state index < -0.39 is 0 Å². The number of hydrogen-bond donors (Lipinski definition) is 1. The molecule has 0 unspecified atom stereocenters. The third-order valence-corrected chi connectivity index (χ3v) is 5.07. The summed E-state index contributed by atoms with van der Waals surface area (Å²) in [5.74, 6) is 1.01. The van der Waals surface area contributed by atoms with Gasteiger partial charge in [-0.2, -0.15) is 5.10 Å². The van der Waals surface area contributed by atoms with Crippen LogP contribution in [0.3, 0.4) is 0 Å². The summed E-state index contributed by atoms with van der Waals surface area (Å²) < 4.78 is 7.21. The number of aryl methyl sites for hydroxylation is 1. The summed E-state index contributed by atoms with van der Waals surface area (Å²) in [4.78, 5) is 12.6. The average Bonchev–Trinajstić information content (AvgIpc) is 3.03. The molecule has 2 heterocycles. The molecule has 4 nitrogen and oxygen atoms in total. The number of furan rings is 1. The molecule has 2 aromatic heterocycles. The smallest absolute Gasteiger partial charge is 0.283 e. The van der Waals surface area contributed by atoms with Crippen molar-refractivity contribution in [2.45, 2.75) is 6.92 Å². The normalized spacial score (nSPS) is 11.4. The Morgan fingerprint density at radius 1 is 1.41 bits per heavy atom. The van der Waals surface area contributed by atoms with Gasteiger partial charge in [0, 0.05) is 14.6 Å². The number of nitrogens with one attached hydrogen (secondary N) is 1. The lowest BCUT2D eigenvalue weighted by molar-refractivity contribution is 0.0959. The van der Waals surface area contributed by atoms with Crippen LogP contribution in [0.25, 0.3) is 10.1 Å². The molecule has 22 heavy (non-hydrogen) atoms. The maximum Gasteiger partial charge on any atom is 0.283 e. The van der Waals surface area contributed by atoms with Gasteiger partial charge in [-0.25, -0.2) is 5.43 Å². The molecule has 3 aromatic rings. The Bertz CT molecular complexity index is 885. The van der Waals surface area contributed by atoms with Gasteiger partial charge >= 0.3 is 0 Å². The number of carbonyl (C=O) groups excluding carboxylic acids is 1. The van der Waals surface area contributed by atoms with E-state index in [1.54, 1.807) is 6.07 Å². The molecule has 7 heteroatoms. The van der Waals surface area contributed by atoms with Crippen LogP contribution < -0.4 is 5.43 Å². The van der Waals surface area contributed by atoms with E-state index in [2.05, 4.69) is 26.5 Å². The van der Waals surface area contributed by atoms with Gasteiger partial charge in [0.15, 0.2) is 0 Å². The Morgan fingerprint density at radius 2 is 2.23 bits per heavy atom. The molecule has 1 amide bonds. The standard InChI is InChI=1S/C15H10BrClN2O2S/c1-8-2-4-10(21-8)7-18-19-15(20)14-13(17)11-5-3-9(16)6-12(11)22-14/h2-7H,1H3,(H,19,20)/b18-7+. The molecule has 0 aliphatic rings. The molecule has 3 rings (SSSR count). The fourth-order valence-electron chi connectivity index (χ4n) is 1.91. The number of carbonyl (C=O) groups is 1. The lowest BCUT2D eigenvalue weighted by atomic mass is 10.2. The van der Waals surface area contributed by atoms with Gasteiger partial charge in [0.25, 0.3) is 5.91 Å². The zero-order chi connectivity index (χ0) is 15.7. The molecular formula is C15H10BrClN2O2S. The van der Waals surface area contributed by atoms with Crippen LogP contribution in [-0.4, -0.2) is 12.1 Å². The highest BCUT2D eigenvalue weighted by molar-refractivity contribution is 9.10. The van der Waals surface area contributed by atoms with Gasteiger partial charge in [0.2, 0.25) is 0 Å². The van der Waals surface area contributed by atoms with E-state index in [4.69, 9.17) is 16.0 Å². The molecule has 0 radical (unpaired) electrons. The van der Waals surface area contributed by atoms with Crippen molar-refractivity contribution in [1.29, 1.82) is 0 Å². The molecule has 0 atom stereocenters. The molecule has 0 spiro atoms. The van der Waals surface area contributed by atoms with Crippen LogP contribution in [-0.2, 0) is 0 Å². The second-order valence-corrected chi connectivity index (χ2v) is 6.88. The van der Waals surface area contributed by atoms with Crippen LogP contribution in [0.4, 0.5) is 0 Å². The molecule has 1 N–H and O–H groups in total. The number of amides is 1. The van der Waals surface area contributed by atoms with E-state index in [1.807, 2.05) is 31.2 Å². The number of hydrazone groups is 1. The number of halogens is 2. The van der Waals surface area contributed by atoms with Crippen molar-refractivity contribution >= 4 is 61.1 Å². The molecule has 0 bridgehead atoms. The number of hydrogen-bond acceptors (Lipinski definition) is 4. The van der Waals surface area contributed by atoms with Crippen molar-refractivity contribution in [2.75, 3.05) is 0 Å². The minimum absolute atomic E-state index is 0.346. The van der Waals surface area contributed by atoms with Gasteiger partial charge < -0.3 is 4.42 Å². The van der Waals surface area contributed by atoms with E-state index in [9.17, 15) is 4.79 Å². The summed E-state index contributed by atoms with van der Waals surface area (Å²) >= 11 is 11.0. The molecule has 0 aliphatic carbocycles. The van der Waals surface area contributed by atoms with Gasteiger partial charge in [-0.1, -0.05) is 33.6 Å². The van der Waals surface area contributed by atoms with Gasteiger partial charge in [-0.3, -0.25) is 4.79 Å². The summed E-state index contributed by atoms with van der Waals surface area (Å²) in [5, 5.41) is 5.17. The lowest BCUT2D eigenvalue weighted by Crippen LogP contribution is -2.16. The van der Waals surface area contributed by atoms with Crippen LogP contribution in [0.2, 0.25) is 5.02 Å². The van der Waals surface area contributed by atoms with E-state index in [0.29, 0.717) is 15.7 Å². The van der Waals surface area contributed by atoms with Crippen LogP contribution in [0.5, 0.6) is 0 Å². The van der Waals surface area contributed by atoms with Crippen molar-refractivity contribution in [2.24, 2.45) is 5.10 Å². The summed E-state index contributed by atoms with van der Waals surface area (Å²) in [7, 11) is 0.